The molecule has 2 heterocycles. The number of nitrogens with one attached hydrogen (secondary N) is 1. The second-order valence-electron chi connectivity index (χ2n) is 7.19. The van der Waals surface area contributed by atoms with Crippen LogP contribution in [0.1, 0.15) is 44.7 Å². The van der Waals surface area contributed by atoms with Crippen LogP contribution in [0.4, 0.5) is 0 Å². The summed E-state index contributed by atoms with van der Waals surface area (Å²) in [5, 5.41) is 7.02. The SMILES string of the molecule is Cc1noc(C)c1COc1ccc(C(=O)NC(c2ccccc2)c2ccccn2)cc1. The minimum absolute atomic E-state index is 0.184. The highest BCUT2D eigenvalue weighted by molar-refractivity contribution is 5.94. The van der Waals surface area contributed by atoms with Gasteiger partial charge in [-0.25, -0.2) is 0 Å². The molecule has 0 aliphatic rings. The van der Waals surface area contributed by atoms with E-state index < -0.39 is 0 Å². The summed E-state index contributed by atoms with van der Waals surface area (Å²) in [6.45, 7) is 4.10. The molecule has 0 aliphatic heterocycles. The van der Waals surface area contributed by atoms with E-state index in [-0.39, 0.29) is 11.9 Å². The van der Waals surface area contributed by atoms with Crippen molar-refractivity contribution in [3.63, 3.8) is 0 Å². The fraction of sp³-hybridized carbons (Fsp3) is 0.160. The summed E-state index contributed by atoms with van der Waals surface area (Å²) < 4.78 is 11.0. The fourth-order valence-corrected chi connectivity index (χ4v) is 3.30. The molecular weight excluding hydrogens is 390 g/mol. The third-order valence-corrected chi connectivity index (χ3v) is 5.07. The van der Waals surface area contributed by atoms with Crippen LogP contribution < -0.4 is 10.1 Å². The molecule has 0 spiro atoms. The van der Waals surface area contributed by atoms with Crippen LogP contribution in [0.25, 0.3) is 0 Å². The van der Waals surface area contributed by atoms with Gasteiger partial charge in [0.1, 0.15) is 18.1 Å². The Labute approximate surface area is 180 Å². The largest absolute Gasteiger partial charge is 0.489 e. The van der Waals surface area contributed by atoms with Crippen LogP contribution >= 0.6 is 0 Å². The molecule has 1 amide bonds. The lowest BCUT2D eigenvalue weighted by Gasteiger charge is -2.19. The molecule has 2 aromatic carbocycles. The number of benzene rings is 2. The molecule has 1 atom stereocenters. The molecule has 6 heteroatoms. The molecule has 0 fully saturated rings. The minimum atomic E-state index is -0.342. The number of hydrogen-bond acceptors (Lipinski definition) is 5. The van der Waals surface area contributed by atoms with Crippen molar-refractivity contribution in [2.45, 2.75) is 26.5 Å². The fourth-order valence-electron chi connectivity index (χ4n) is 3.30. The molecule has 0 saturated heterocycles. The Morgan fingerprint density at radius 2 is 1.74 bits per heavy atom. The molecule has 6 nitrogen and oxygen atoms in total. The van der Waals surface area contributed by atoms with Gasteiger partial charge in [0.15, 0.2) is 0 Å². The van der Waals surface area contributed by atoms with Crippen LogP contribution in [-0.4, -0.2) is 16.0 Å². The highest BCUT2D eigenvalue weighted by Crippen LogP contribution is 2.22. The molecule has 0 saturated carbocycles. The lowest BCUT2D eigenvalue weighted by atomic mass is 10.0. The number of ether oxygens (including phenoxy) is 1. The zero-order valence-corrected chi connectivity index (χ0v) is 17.4. The average Bonchev–Trinajstić information content (AvgIpc) is 3.14. The molecule has 2 aromatic heterocycles. The van der Waals surface area contributed by atoms with Gasteiger partial charge in [-0.1, -0.05) is 41.6 Å². The Kier molecular flexibility index (Phi) is 6.08. The first-order valence-corrected chi connectivity index (χ1v) is 10.0. The van der Waals surface area contributed by atoms with E-state index in [0.717, 1.165) is 28.3 Å². The number of aromatic nitrogens is 2. The third-order valence-electron chi connectivity index (χ3n) is 5.07. The van der Waals surface area contributed by atoms with Gasteiger partial charge in [0.25, 0.3) is 5.91 Å². The van der Waals surface area contributed by atoms with Gasteiger partial charge >= 0.3 is 0 Å². The van der Waals surface area contributed by atoms with Crippen LogP contribution in [0.15, 0.2) is 83.5 Å². The number of carbonyl (C=O) groups is 1. The number of rotatable bonds is 7. The smallest absolute Gasteiger partial charge is 0.252 e. The van der Waals surface area contributed by atoms with Crippen LogP contribution in [0.2, 0.25) is 0 Å². The van der Waals surface area contributed by atoms with Crippen LogP contribution in [0, 0.1) is 13.8 Å². The Hall–Kier alpha value is -3.93. The highest BCUT2D eigenvalue weighted by atomic mass is 16.5. The molecule has 4 rings (SSSR count). The van der Waals surface area contributed by atoms with E-state index in [1.807, 2.05) is 62.4 Å². The number of carbonyl (C=O) groups excluding carboxylic acids is 1. The topological polar surface area (TPSA) is 77.2 Å². The van der Waals surface area contributed by atoms with Crippen molar-refractivity contribution in [3.05, 3.63) is 113 Å². The Bertz CT molecular complexity index is 1080. The summed E-state index contributed by atoms with van der Waals surface area (Å²) in [6, 6.07) is 22.2. The van der Waals surface area contributed by atoms with Gasteiger partial charge in [-0.3, -0.25) is 9.78 Å². The van der Waals surface area contributed by atoms with E-state index in [4.69, 9.17) is 9.26 Å². The van der Waals surface area contributed by atoms with E-state index in [9.17, 15) is 4.79 Å². The Balaban J connectivity index is 1.47. The quantitative estimate of drug-likeness (QED) is 0.472. The number of hydrogen-bond donors (Lipinski definition) is 1. The Morgan fingerprint density at radius 1 is 1.00 bits per heavy atom. The van der Waals surface area contributed by atoms with Crippen LogP contribution in [0.3, 0.4) is 0 Å². The second-order valence-corrected chi connectivity index (χ2v) is 7.19. The average molecular weight is 413 g/mol. The van der Waals surface area contributed by atoms with Crippen LogP contribution in [-0.2, 0) is 6.61 Å². The standard InChI is InChI=1S/C25H23N3O3/c1-17-22(18(2)31-28-17)16-30-21-13-11-20(12-14-21)25(29)27-24(19-8-4-3-5-9-19)23-10-6-7-15-26-23/h3-15,24H,16H2,1-2H3,(H,27,29). The van der Waals surface area contributed by atoms with Gasteiger partial charge in [-0.2, -0.15) is 0 Å². The lowest BCUT2D eigenvalue weighted by Crippen LogP contribution is -2.29. The molecule has 1 N–H and O–H groups in total. The number of pyridine rings is 1. The van der Waals surface area contributed by atoms with Gasteiger partial charge in [-0.05, 0) is 55.8 Å². The molecule has 31 heavy (non-hydrogen) atoms. The summed E-state index contributed by atoms with van der Waals surface area (Å²) in [6.07, 6.45) is 1.72. The first-order chi connectivity index (χ1) is 15.1. The minimum Gasteiger partial charge on any atom is -0.489 e. The summed E-state index contributed by atoms with van der Waals surface area (Å²) in [7, 11) is 0. The zero-order valence-electron chi connectivity index (χ0n) is 17.4. The number of aryl methyl sites for hydroxylation is 2. The zero-order chi connectivity index (χ0) is 21.6. The van der Waals surface area contributed by atoms with Crippen molar-refractivity contribution in [2.24, 2.45) is 0 Å². The van der Waals surface area contributed by atoms with E-state index in [1.54, 1.807) is 30.5 Å². The van der Waals surface area contributed by atoms with E-state index >= 15 is 0 Å². The highest BCUT2D eigenvalue weighted by Gasteiger charge is 2.19. The maximum atomic E-state index is 12.9. The van der Waals surface area contributed by atoms with Crippen molar-refractivity contribution in [3.8, 4) is 5.75 Å². The second kappa shape index (κ2) is 9.26. The molecule has 4 aromatic rings. The summed E-state index contributed by atoms with van der Waals surface area (Å²) in [4.78, 5) is 17.4. The Morgan fingerprint density at radius 3 is 2.39 bits per heavy atom. The van der Waals surface area contributed by atoms with Crippen molar-refractivity contribution >= 4 is 5.91 Å². The third kappa shape index (κ3) is 4.80. The summed E-state index contributed by atoms with van der Waals surface area (Å²) in [5.41, 5.74) is 4.04. The van der Waals surface area contributed by atoms with Crippen LogP contribution in [0.5, 0.6) is 5.75 Å². The predicted molar refractivity (Wildman–Crippen MR) is 117 cm³/mol. The first-order valence-electron chi connectivity index (χ1n) is 10.0. The van der Waals surface area contributed by atoms with E-state index in [1.165, 1.54) is 0 Å². The molecule has 1 unspecified atom stereocenters. The molecule has 0 bridgehead atoms. The van der Waals surface area contributed by atoms with Gasteiger partial charge in [0.2, 0.25) is 0 Å². The van der Waals surface area contributed by atoms with Crippen molar-refractivity contribution in [2.75, 3.05) is 0 Å². The molecule has 156 valence electrons. The van der Waals surface area contributed by atoms with Gasteiger partial charge in [0.05, 0.1) is 23.0 Å². The van der Waals surface area contributed by atoms with E-state index in [2.05, 4.69) is 15.5 Å². The summed E-state index contributed by atoms with van der Waals surface area (Å²) >= 11 is 0. The molecule has 0 aliphatic carbocycles. The maximum Gasteiger partial charge on any atom is 0.252 e. The monoisotopic (exact) mass is 413 g/mol. The first kappa shape index (κ1) is 20.3. The van der Waals surface area contributed by atoms with Gasteiger partial charge in [-0.15, -0.1) is 0 Å². The summed E-state index contributed by atoms with van der Waals surface area (Å²) in [5.74, 6) is 1.23. The van der Waals surface area contributed by atoms with Gasteiger partial charge < -0.3 is 14.6 Å². The van der Waals surface area contributed by atoms with Crippen molar-refractivity contribution in [1.29, 1.82) is 0 Å². The maximum absolute atomic E-state index is 12.9. The molecule has 0 radical (unpaired) electrons. The number of amides is 1. The van der Waals surface area contributed by atoms with E-state index in [0.29, 0.717) is 17.9 Å². The predicted octanol–water partition coefficient (Wildman–Crippen LogP) is 4.78. The van der Waals surface area contributed by atoms with Gasteiger partial charge in [0, 0.05) is 11.8 Å². The number of nitrogens with zero attached hydrogens (tertiary/aromatic N) is 2. The normalized spacial score (nSPS) is 11.7. The molecular formula is C25H23N3O3. The lowest BCUT2D eigenvalue weighted by molar-refractivity contribution is 0.0942. The van der Waals surface area contributed by atoms with Crippen molar-refractivity contribution in [1.82, 2.24) is 15.5 Å². The van der Waals surface area contributed by atoms with Crippen molar-refractivity contribution < 1.29 is 14.1 Å².